The topological polar surface area (TPSA) is 0 Å². The van der Waals surface area contributed by atoms with Crippen molar-refractivity contribution in [2.45, 2.75) is 38.5 Å². The molecule has 1 aromatic carbocycles. The average Bonchev–Trinajstić information content (AvgIpc) is 2.91. The Balaban J connectivity index is 2.18. The molecule has 1 aliphatic carbocycles. The van der Waals surface area contributed by atoms with Gasteiger partial charge in [0.2, 0.25) is 0 Å². The molecule has 1 aliphatic rings. The molecule has 15 heavy (non-hydrogen) atoms. The van der Waals surface area contributed by atoms with Gasteiger partial charge in [0, 0.05) is 5.88 Å². The van der Waals surface area contributed by atoms with E-state index in [0.29, 0.717) is 17.3 Å². The molecule has 2 atom stereocenters. The Labute approximate surface area is 97.6 Å². The third-order valence-electron chi connectivity index (χ3n) is 3.83. The second kappa shape index (κ2) is 3.83. The summed E-state index contributed by atoms with van der Waals surface area (Å²) in [4.78, 5) is 0. The van der Waals surface area contributed by atoms with Crippen LogP contribution in [0.15, 0.2) is 24.3 Å². The second-order valence-electron chi connectivity index (χ2n) is 5.25. The van der Waals surface area contributed by atoms with E-state index in [2.05, 4.69) is 45.0 Å². The molecule has 1 aromatic rings. The van der Waals surface area contributed by atoms with Crippen LogP contribution in [0.1, 0.15) is 44.2 Å². The molecule has 1 saturated carbocycles. The van der Waals surface area contributed by atoms with Crippen LogP contribution in [0.4, 0.5) is 0 Å². The molecule has 0 saturated heterocycles. The van der Waals surface area contributed by atoms with Gasteiger partial charge in [-0.25, -0.2) is 0 Å². The Morgan fingerprint density at radius 1 is 1.33 bits per heavy atom. The molecule has 0 aliphatic heterocycles. The van der Waals surface area contributed by atoms with Crippen LogP contribution in [-0.4, -0.2) is 5.88 Å². The van der Waals surface area contributed by atoms with E-state index in [1.54, 1.807) is 0 Å². The Bertz CT molecular complexity index is 339. The van der Waals surface area contributed by atoms with Gasteiger partial charge >= 0.3 is 0 Å². The van der Waals surface area contributed by atoms with Crippen LogP contribution in [0.2, 0.25) is 0 Å². The van der Waals surface area contributed by atoms with Crippen LogP contribution in [-0.2, 0) is 5.41 Å². The van der Waals surface area contributed by atoms with Crippen molar-refractivity contribution in [1.82, 2.24) is 0 Å². The van der Waals surface area contributed by atoms with Crippen LogP contribution in [0.3, 0.4) is 0 Å². The van der Waals surface area contributed by atoms with Gasteiger partial charge in [0.05, 0.1) is 0 Å². The monoisotopic (exact) mass is 222 g/mol. The third kappa shape index (κ3) is 1.92. The average molecular weight is 223 g/mol. The van der Waals surface area contributed by atoms with Gasteiger partial charge in [-0.15, -0.1) is 11.6 Å². The van der Waals surface area contributed by atoms with Crippen LogP contribution >= 0.6 is 11.6 Å². The van der Waals surface area contributed by atoms with Gasteiger partial charge in [0.15, 0.2) is 0 Å². The molecule has 1 heteroatoms. The first-order chi connectivity index (χ1) is 7.08. The zero-order valence-corrected chi connectivity index (χ0v) is 10.5. The molecule has 0 nitrogen and oxygen atoms in total. The highest BCUT2D eigenvalue weighted by Gasteiger charge is 2.50. The highest BCUT2D eigenvalue weighted by Crippen LogP contribution is 2.54. The predicted octanol–water partition coefficient (Wildman–Crippen LogP) is 4.33. The lowest BCUT2D eigenvalue weighted by molar-refractivity contribution is 0.704. The molecular weight excluding hydrogens is 204 g/mol. The van der Waals surface area contributed by atoms with Crippen molar-refractivity contribution in [3.63, 3.8) is 0 Å². The van der Waals surface area contributed by atoms with Crippen molar-refractivity contribution in [3.8, 4) is 0 Å². The van der Waals surface area contributed by atoms with Gasteiger partial charge in [0.25, 0.3) is 0 Å². The van der Waals surface area contributed by atoms with Crippen molar-refractivity contribution in [3.05, 3.63) is 35.4 Å². The summed E-state index contributed by atoms with van der Waals surface area (Å²) in [5.41, 5.74) is 3.24. The smallest absolute Gasteiger partial charge is 0.0260 e. The first-order valence-electron chi connectivity index (χ1n) is 5.74. The summed E-state index contributed by atoms with van der Waals surface area (Å²) in [6, 6.07) is 9.08. The van der Waals surface area contributed by atoms with E-state index in [9.17, 15) is 0 Å². The maximum atomic E-state index is 5.91. The Hall–Kier alpha value is -0.490. The summed E-state index contributed by atoms with van der Waals surface area (Å²) in [5.74, 6) is 2.10. The van der Waals surface area contributed by atoms with Crippen LogP contribution in [0.25, 0.3) is 0 Å². The lowest BCUT2D eigenvalue weighted by Gasteiger charge is -2.13. The van der Waals surface area contributed by atoms with Gasteiger partial charge in [-0.2, -0.15) is 0 Å². The normalized spacial score (nSPS) is 29.5. The molecule has 0 radical (unpaired) electrons. The van der Waals surface area contributed by atoms with Crippen LogP contribution < -0.4 is 0 Å². The third-order valence-corrected chi connectivity index (χ3v) is 4.21. The van der Waals surface area contributed by atoms with Crippen molar-refractivity contribution >= 4 is 11.6 Å². The highest BCUT2D eigenvalue weighted by atomic mass is 35.5. The van der Waals surface area contributed by atoms with E-state index in [0.717, 1.165) is 5.88 Å². The molecule has 0 amide bonds. The molecule has 0 bridgehead atoms. The van der Waals surface area contributed by atoms with Crippen molar-refractivity contribution in [2.75, 3.05) is 5.88 Å². The van der Waals surface area contributed by atoms with E-state index in [1.807, 2.05) is 0 Å². The van der Waals surface area contributed by atoms with Crippen molar-refractivity contribution < 1.29 is 0 Å². The largest absolute Gasteiger partial charge is 0.126 e. The minimum Gasteiger partial charge on any atom is -0.126 e. The van der Waals surface area contributed by atoms with E-state index in [1.165, 1.54) is 17.5 Å². The number of benzene rings is 1. The summed E-state index contributed by atoms with van der Waals surface area (Å²) in [6.45, 7) is 6.79. The quantitative estimate of drug-likeness (QED) is 0.668. The summed E-state index contributed by atoms with van der Waals surface area (Å²) in [6.07, 6.45) is 1.25. The lowest BCUT2D eigenvalue weighted by Crippen LogP contribution is -2.05. The molecule has 0 heterocycles. The van der Waals surface area contributed by atoms with Gasteiger partial charge in [-0.1, -0.05) is 45.0 Å². The summed E-state index contributed by atoms with van der Waals surface area (Å²) in [5, 5.41) is 0. The van der Waals surface area contributed by atoms with Crippen LogP contribution in [0.5, 0.6) is 0 Å². The molecule has 82 valence electrons. The Kier molecular flexibility index (Phi) is 2.81. The highest BCUT2D eigenvalue weighted by molar-refractivity contribution is 6.18. The fourth-order valence-electron chi connectivity index (χ4n) is 2.28. The molecule has 2 rings (SSSR count). The molecule has 0 N–H and O–H groups in total. The fourth-order valence-corrected chi connectivity index (χ4v) is 2.73. The standard InChI is InChI=1S/C14H19Cl/c1-10(2)11-4-6-12(7-5-11)14(3)8-13(14)9-15/h4-7,10,13H,8-9H2,1-3H3. The molecular formula is C14H19Cl. The number of hydrogen-bond acceptors (Lipinski definition) is 0. The van der Waals surface area contributed by atoms with E-state index in [4.69, 9.17) is 11.6 Å². The Morgan fingerprint density at radius 2 is 1.93 bits per heavy atom. The van der Waals surface area contributed by atoms with Crippen molar-refractivity contribution in [1.29, 1.82) is 0 Å². The van der Waals surface area contributed by atoms with Gasteiger partial charge in [-0.05, 0) is 34.8 Å². The number of alkyl halides is 1. The van der Waals surface area contributed by atoms with Crippen molar-refractivity contribution in [2.24, 2.45) is 5.92 Å². The molecule has 0 spiro atoms. The zero-order chi connectivity index (χ0) is 11.1. The van der Waals surface area contributed by atoms with Gasteiger partial charge in [-0.3, -0.25) is 0 Å². The second-order valence-corrected chi connectivity index (χ2v) is 5.56. The SMILES string of the molecule is CC(C)c1ccc(C2(C)CC2CCl)cc1. The van der Waals surface area contributed by atoms with Gasteiger partial charge in [0.1, 0.15) is 0 Å². The maximum absolute atomic E-state index is 5.91. The van der Waals surface area contributed by atoms with E-state index in [-0.39, 0.29) is 0 Å². The predicted molar refractivity (Wildman–Crippen MR) is 66.7 cm³/mol. The molecule has 1 fully saturated rings. The first-order valence-corrected chi connectivity index (χ1v) is 6.28. The van der Waals surface area contributed by atoms with Gasteiger partial charge < -0.3 is 0 Å². The molecule has 2 unspecified atom stereocenters. The number of halogens is 1. The number of rotatable bonds is 3. The Morgan fingerprint density at radius 3 is 2.33 bits per heavy atom. The first kappa shape index (κ1) is 11.0. The molecule has 0 aromatic heterocycles. The lowest BCUT2D eigenvalue weighted by atomic mass is 9.93. The van der Waals surface area contributed by atoms with E-state index >= 15 is 0 Å². The van der Waals surface area contributed by atoms with Crippen LogP contribution in [0, 0.1) is 5.92 Å². The minimum atomic E-state index is 0.358. The maximum Gasteiger partial charge on any atom is 0.0260 e. The fraction of sp³-hybridized carbons (Fsp3) is 0.571. The summed E-state index contributed by atoms with van der Waals surface area (Å²) >= 11 is 5.91. The zero-order valence-electron chi connectivity index (χ0n) is 9.76. The number of hydrogen-bond donors (Lipinski definition) is 0. The summed E-state index contributed by atoms with van der Waals surface area (Å²) < 4.78 is 0. The summed E-state index contributed by atoms with van der Waals surface area (Å²) in [7, 11) is 0. The van der Waals surface area contributed by atoms with E-state index < -0.39 is 0 Å². The minimum absolute atomic E-state index is 0.358.